The van der Waals surface area contributed by atoms with Crippen molar-refractivity contribution in [2.24, 2.45) is 5.73 Å². The van der Waals surface area contributed by atoms with Crippen molar-refractivity contribution in [3.8, 4) is 0 Å². The largest absolute Gasteiger partial charge is 0.398 e. The molecule has 2 rings (SSSR count). The highest BCUT2D eigenvalue weighted by Crippen LogP contribution is 2.20. The molecule has 0 radical (unpaired) electrons. The Morgan fingerprint density at radius 2 is 2.23 bits per heavy atom. The van der Waals surface area contributed by atoms with E-state index in [1.165, 1.54) is 6.07 Å². The van der Waals surface area contributed by atoms with E-state index in [0.717, 1.165) is 5.52 Å². The van der Waals surface area contributed by atoms with Crippen molar-refractivity contribution in [3.63, 3.8) is 0 Å². The second-order valence-electron chi connectivity index (χ2n) is 2.91. The Labute approximate surface area is 74.9 Å². The maximum Gasteiger partial charge on any atom is 0.132 e. The summed E-state index contributed by atoms with van der Waals surface area (Å²) in [5.41, 5.74) is 7.30. The maximum atomic E-state index is 13.2. The molecular weight excluding hydrogens is 167 g/mol. The van der Waals surface area contributed by atoms with Crippen molar-refractivity contribution >= 4 is 16.6 Å². The molecule has 0 aliphatic rings. The first-order valence-corrected chi connectivity index (χ1v) is 3.90. The molecular formula is C10H9FN2. The van der Waals surface area contributed by atoms with Gasteiger partial charge in [-0.25, -0.2) is 4.39 Å². The highest BCUT2D eigenvalue weighted by atomic mass is 19.1. The maximum absolute atomic E-state index is 13.2. The number of nitrogens with one attached hydrogen (secondary N) is 1. The molecule has 1 aromatic carbocycles. The van der Waals surface area contributed by atoms with Crippen LogP contribution in [0.3, 0.4) is 0 Å². The van der Waals surface area contributed by atoms with Gasteiger partial charge in [-0.2, -0.15) is 0 Å². The first-order chi connectivity index (χ1) is 6.18. The summed E-state index contributed by atoms with van der Waals surface area (Å²) in [4.78, 5) is 2.97. The summed E-state index contributed by atoms with van der Waals surface area (Å²) in [6.07, 6.45) is 0. The molecule has 1 aromatic heterocycles. The summed E-state index contributed by atoms with van der Waals surface area (Å²) in [7, 11) is 0. The lowest BCUT2D eigenvalue weighted by Crippen LogP contribution is -1.92. The Morgan fingerprint density at radius 1 is 1.46 bits per heavy atom. The molecule has 0 amide bonds. The van der Waals surface area contributed by atoms with Crippen LogP contribution >= 0.6 is 0 Å². The van der Waals surface area contributed by atoms with Gasteiger partial charge in [-0.1, -0.05) is 12.6 Å². The zero-order valence-electron chi connectivity index (χ0n) is 6.97. The molecule has 0 fully saturated rings. The van der Waals surface area contributed by atoms with E-state index in [-0.39, 0.29) is 5.82 Å². The highest BCUT2D eigenvalue weighted by Gasteiger charge is 2.04. The lowest BCUT2D eigenvalue weighted by molar-refractivity contribution is 0.640. The van der Waals surface area contributed by atoms with Gasteiger partial charge in [0.1, 0.15) is 5.82 Å². The van der Waals surface area contributed by atoms with Gasteiger partial charge in [-0.3, -0.25) is 0 Å². The van der Waals surface area contributed by atoms with Crippen LogP contribution in [-0.4, -0.2) is 4.98 Å². The Bertz CT molecular complexity index is 471. The van der Waals surface area contributed by atoms with E-state index in [0.29, 0.717) is 16.8 Å². The second-order valence-corrected chi connectivity index (χ2v) is 2.91. The van der Waals surface area contributed by atoms with Crippen LogP contribution in [0.5, 0.6) is 0 Å². The summed E-state index contributed by atoms with van der Waals surface area (Å²) >= 11 is 0. The molecule has 0 aliphatic heterocycles. The Kier molecular flexibility index (Phi) is 1.59. The summed E-state index contributed by atoms with van der Waals surface area (Å²) in [5, 5.41) is 0.545. The third-order valence-corrected chi connectivity index (χ3v) is 1.96. The van der Waals surface area contributed by atoms with Gasteiger partial charge < -0.3 is 10.7 Å². The van der Waals surface area contributed by atoms with Gasteiger partial charge in [0, 0.05) is 16.6 Å². The van der Waals surface area contributed by atoms with Gasteiger partial charge >= 0.3 is 0 Å². The minimum Gasteiger partial charge on any atom is -0.398 e. The topological polar surface area (TPSA) is 41.8 Å². The number of hydrogen-bond donors (Lipinski definition) is 2. The van der Waals surface area contributed by atoms with E-state index < -0.39 is 0 Å². The fourth-order valence-electron chi connectivity index (χ4n) is 1.29. The normalized spacial score (nSPS) is 10.5. The molecule has 3 N–H and O–H groups in total. The van der Waals surface area contributed by atoms with Crippen LogP contribution in [0.15, 0.2) is 30.8 Å². The fraction of sp³-hybridized carbons (Fsp3) is 0. The van der Waals surface area contributed by atoms with Crippen molar-refractivity contribution < 1.29 is 4.39 Å². The van der Waals surface area contributed by atoms with Gasteiger partial charge in [-0.05, 0) is 18.2 Å². The third-order valence-electron chi connectivity index (χ3n) is 1.96. The molecule has 0 bridgehead atoms. The van der Waals surface area contributed by atoms with Crippen molar-refractivity contribution in [2.75, 3.05) is 0 Å². The van der Waals surface area contributed by atoms with E-state index in [1.54, 1.807) is 18.2 Å². The summed E-state index contributed by atoms with van der Waals surface area (Å²) in [5.74, 6) is -0.249. The quantitative estimate of drug-likeness (QED) is 0.687. The number of halogens is 1. The molecule has 0 spiro atoms. The van der Waals surface area contributed by atoms with Crippen LogP contribution in [-0.2, 0) is 0 Å². The molecule has 2 aromatic rings. The second kappa shape index (κ2) is 2.62. The molecule has 0 saturated carbocycles. The van der Waals surface area contributed by atoms with Crippen LogP contribution in [0.1, 0.15) is 5.69 Å². The van der Waals surface area contributed by atoms with Crippen LogP contribution in [0, 0.1) is 5.82 Å². The number of nitrogens with two attached hydrogens (primary N) is 1. The Morgan fingerprint density at radius 3 is 2.85 bits per heavy atom. The lowest BCUT2D eigenvalue weighted by Gasteiger charge is -1.90. The average molecular weight is 176 g/mol. The molecule has 0 saturated heterocycles. The number of hydrogen-bond acceptors (Lipinski definition) is 1. The lowest BCUT2D eigenvalue weighted by atomic mass is 10.2. The highest BCUT2D eigenvalue weighted by molar-refractivity contribution is 5.84. The SMILES string of the molecule is C=C(N)c1cc2c(F)cccc2[nH]1. The first kappa shape index (κ1) is 7.86. The summed E-state index contributed by atoms with van der Waals surface area (Å²) < 4.78 is 13.2. The standard InChI is InChI=1S/C10H9FN2/c1-6(12)10-5-7-8(11)3-2-4-9(7)13-10/h2-5,13H,1,12H2. The van der Waals surface area contributed by atoms with E-state index >= 15 is 0 Å². The van der Waals surface area contributed by atoms with Gasteiger partial charge in [-0.15, -0.1) is 0 Å². The predicted octanol–water partition coefficient (Wildman–Crippen LogP) is 2.24. The number of H-pyrrole nitrogens is 1. The number of benzene rings is 1. The molecule has 3 heteroatoms. The van der Waals surface area contributed by atoms with Crippen LogP contribution < -0.4 is 5.73 Å². The number of fused-ring (bicyclic) bond motifs is 1. The first-order valence-electron chi connectivity index (χ1n) is 3.90. The zero-order valence-corrected chi connectivity index (χ0v) is 6.97. The molecule has 0 unspecified atom stereocenters. The van der Waals surface area contributed by atoms with Crippen LogP contribution in [0.4, 0.5) is 4.39 Å². The smallest absolute Gasteiger partial charge is 0.132 e. The minimum absolute atomic E-state index is 0.249. The molecule has 0 aliphatic carbocycles. The number of aromatic nitrogens is 1. The fourth-order valence-corrected chi connectivity index (χ4v) is 1.29. The summed E-state index contributed by atoms with van der Waals surface area (Å²) in [6.45, 7) is 3.57. The van der Waals surface area contributed by atoms with E-state index in [2.05, 4.69) is 11.6 Å². The van der Waals surface area contributed by atoms with Crippen LogP contribution in [0.25, 0.3) is 16.6 Å². The van der Waals surface area contributed by atoms with Gasteiger partial charge in [0.05, 0.1) is 5.69 Å². The molecule has 13 heavy (non-hydrogen) atoms. The Hall–Kier alpha value is -1.77. The van der Waals surface area contributed by atoms with Gasteiger partial charge in [0.2, 0.25) is 0 Å². The van der Waals surface area contributed by atoms with Crippen molar-refractivity contribution in [1.82, 2.24) is 4.98 Å². The molecule has 0 atom stereocenters. The number of aromatic amines is 1. The van der Waals surface area contributed by atoms with E-state index in [9.17, 15) is 4.39 Å². The van der Waals surface area contributed by atoms with E-state index in [1.807, 2.05) is 0 Å². The van der Waals surface area contributed by atoms with Crippen molar-refractivity contribution in [3.05, 3.63) is 42.4 Å². The van der Waals surface area contributed by atoms with Gasteiger partial charge in [0.25, 0.3) is 0 Å². The minimum atomic E-state index is -0.249. The Balaban J connectivity index is 2.75. The van der Waals surface area contributed by atoms with Crippen molar-refractivity contribution in [1.29, 1.82) is 0 Å². The summed E-state index contributed by atoms with van der Waals surface area (Å²) in [6, 6.07) is 6.52. The van der Waals surface area contributed by atoms with E-state index in [4.69, 9.17) is 5.73 Å². The average Bonchev–Trinajstić information content (AvgIpc) is 2.49. The monoisotopic (exact) mass is 176 g/mol. The van der Waals surface area contributed by atoms with Gasteiger partial charge in [0.15, 0.2) is 0 Å². The van der Waals surface area contributed by atoms with Crippen LogP contribution in [0.2, 0.25) is 0 Å². The molecule has 1 heterocycles. The third kappa shape index (κ3) is 1.18. The van der Waals surface area contributed by atoms with Crippen molar-refractivity contribution in [2.45, 2.75) is 0 Å². The molecule has 2 nitrogen and oxygen atoms in total. The molecule has 66 valence electrons. The number of rotatable bonds is 1. The predicted molar refractivity (Wildman–Crippen MR) is 51.5 cm³/mol. The zero-order chi connectivity index (χ0) is 9.42.